The Morgan fingerprint density at radius 3 is 2.47 bits per heavy atom. The molecular weight excluding hydrogens is 184 g/mol. The third kappa shape index (κ3) is 6.16. The second-order valence-corrected chi connectivity index (χ2v) is 3.18. The summed E-state index contributed by atoms with van der Waals surface area (Å²) in [5, 5.41) is 0. The first-order valence-electron chi connectivity index (χ1n) is 6.08. The lowest BCUT2D eigenvalue weighted by Gasteiger charge is -2.05. The zero-order valence-electron chi connectivity index (χ0n) is 10.5. The molecule has 0 aliphatic heterocycles. The van der Waals surface area contributed by atoms with Gasteiger partial charge in [0.05, 0.1) is 6.61 Å². The van der Waals surface area contributed by atoms with Crippen LogP contribution in [-0.2, 0) is 6.42 Å². The highest BCUT2D eigenvalue weighted by Crippen LogP contribution is 2.14. The molecule has 0 saturated heterocycles. The van der Waals surface area contributed by atoms with E-state index in [-0.39, 0.29) is 0 Å². The molecule has 1 nitrogen and oxygen atoms in total. The molecule has 0 unspecified atom stereocenters. The summed E-state index contributed by atoms with van der Waals surface area (Å²) in [7, 11) is 0. The van der Waals surface area contributed by atoms with Gasteiger partial charge in [0.1, 0.15) is 5.75 Å². The smallest absolute Gasteiger partial charge is 0.119 e. The van der Waals surface area contributed by atoms with Gasteiger partial charge in [0.2, 0.25) is 0 Å². The molecule has 0 spiro atoms. The standard InChI is InChI=1S/C12H18O.C2H6/c1-3-5-7-11-8-6-9-12(10-11)13-4-2;1-2/h6,8-10H,3-5,7H2,1-2H3;1-2H3. The number of aryl methyl sites for hydroxylation is 1. The van der Waals surface area contributed by atoms with Crippen LogP contribution < -0.4 is 4.74 Å². The van der Waals surface area contributed by atoms with Crippen LogP contribution >= 0.6 is 0 Å². The van der Waals surface area contributed by atoms with Gasteiger partial charge in [-0.1, -0.05) is 39.3 Å². The second-order valence-electron chi connectivity index (χ2n) is 3.18. The molecule has 1 aromatic carbocycles. The maximum Gasteiger partial charge on any atom is 0.119 e. The molecule has 0 N–H and O–H groups in total. The summed E-state index contributed by atoms with van der Waals surface area (Å²) in [5.41, 5.74) is 1.38. The van der Waals surface area contributed by atoms with Crippen molar-refractivity contribution < 1.29 is 4.74 Å². The molecule has 1 aromatic rings. The molecule has 0 atom stereocenters. The van der Waals surface area contributed by atoms with E-state index in [0.29, 0.717) is 0 Å². The summed E-state index contributed by atoms with van der Waals surface area (Å²) in [5.74, 6) is 0.996. The maximum absolute atomic E-state index is 5.43. The first-order valence-corrected chi connectivity index (χ1v) is 6.08. The Bertz CT molecular complexity index is 243. The molecule has 0 aromatic heterocycles. The third-order valence-electron chi connectivity index (χ3n) is 2.03. The molecule has 0 amide bonds. The average Bonchev–Trinajstić information content (AvgIpc) is 2.30. The molecule has 86 valence electrons. The summed E-state index contributed by atoms with van der Waals surface area (Å²) >= 11 is 0. The highest BCUT2D eigenvalue weighted by atomic mass is 16.5. The van der Waals surface area contributed by atoms with Gasteiger partial charge in [-0.2, -0.15) is 0 Å². The lowest BCUT2D eigenvalue weighted by atomic mass is 10.1. The van der Waals surface area contributed by atoms with Gasteiger partial charge in [0.25, 0.3) is 0 Å². The Hall–Kier alpha value is -0.980. The van der Waals surface area contributed by atoms with Crippen molar-refractivity contribution in [1.29, 1.82) is 0 Å². The number of rotatable bonds is 5. The van der Waals surface area contributed by atoms with Crippen LogP contribution in [0.2, 0.25) is 0 Å². The molecule has 0 saturated carbocycles. The monoisotopic (exact) mass is 208 g/mol. The van der Waals surface area contributed by atoms with Crippen LogP contribution in [0.1, 0.15) is 46.1 Å². The van der Waals surface area contributed by atoms with Gasteiger partial charge in [0.15, 0.2) is 0 Å². The Labute approximate surface area is 94.5 Å². The van der Waals surface area contributed by atoms with E-state index in [2.05, 4.69) is 25.1 Å². The van der Waals surface area contributed by atoms with E-state index in [9.17, 15) is 0 Å². The lowest BCUT2D eigenvalue weighted by molar-refractivity contribution is 0.340. The fraction of sp³-hybridized carbons (Fsp3) is 0.571. The van der Waals surface area contributed by atoms with Crippen molar-refractivity contribution in [2.24, 2.45) is 0 Å². The van der Waals surface area contributed by atoms with Crippen LogP contribution in [0.15, 0.2) is 24.3 Å². The van der Waals surface area contributed by atoms with Gasteiger partial charge in [-0.3, -0.25) is 0 Å². The van der Waals surface area contributed by atoms with Crippen molar-refractivity contribution in [2.75, 3.05) is 6.61 Å². The summed E-state index contributed by atoms with van der Waals surface area (Å²) < 4.78 is 5.43. The summed E-state index contributed by atoms with van der Waals surface area (Å²) in [4.78, 5) is 0. The predicted molar refractivity (Wildman–Crippen MR) is 67.6 cm³/mol. The minimum Gasteiger partial charge on any atom is -0.494 e. The number of hydrogen-bond donors (Lipinski definition) is 0. The molecule has 0 aliphatic rings. The largest absolute Gasteiger partial charge is 0.494 e. The average molecular weight is 208 g/mol. The van der Waals surface area contributed by atoms with Crippen molar-refractivity contribution in [3.05, 3.63) is 29.8 Å². The van der Waals surface area contributed by atoms with Gasteiger partial charge in [0, 0.05) is 0 Å². The predicted octanol–water partition coefficient (Wildman–Crippen LogP) is 4.45. The van der Waals surface area contributed by atoms with E-state index in [1.54, 1.807) is 0 Å². The highest BCUT2D eigenvalue weighted by Gasteiger charge is 1.95. The van der Waals surface area contributed by atoms with E-state index < -0.39 is 0 Å². The fourth-order valence-corrected chi connectivity index (χ4v) is 1.34. The molecule has 0 fully saturated rings. The third-order valence-corrected chi connectivity index (χ3v) is 2.03. The molecular formula is C14H24O. The zero-order valence-corrected chi connectivity index (χ0v) is 10.5. The van der Waals surface area contributed by atoms with E-state index in [0.717, 1.165) is 18.8 Å². The van der Waals surface area contributed by atoms with E-state index in [4.69, 9.17) is 4.74 Å². The molecule has 0 heterocycles. The van der Waals surface area contributed by atoms with E-state index in [1.165, 1.54) is 18.4 Å². The van der Waals surface area contributed by atoms with Gasteiger partial charge in [-0.25, -0.2) is 0 Å². The normalized spacial score (nSPS) is 9.07. The van der Waals surface area contributed by atoms with E-state index in [1.807, 2.05) is 26.8 Å². The van der Waals surface area contributed by atoms with Gasteiger partial charge in [-0.05, 0) is 37.5 Å². The Morgan fingerprint density at radius 2 is 1.87 bits per heavy atom. The van der Waals surface area contributed by atoms with Crippen LogP contribution in [-0.4, -0.2) is 6.61 Å². The zero-order chi connectivity index (χ0) is 11.5. The van der Waals surface area contributed by atoms with Gasteiger partial charge in [-0.15, -0.1) is 0 Å². The number of ether oxygens (including phenoxy) is 1. The van der Waals surface area contributed by atoms with Crippen LogP contribution in [0.4, 0.5) is 0 Å². The summed E-state index contributed by atoms with van der Waals surface area (Å²) in [6.45, 7) is 8.97. The van der Waals surface area contributed by atoms with Crippen LogP contribution in [0.25, 0.3) is 0 Å². The second kappa shape index (κ2) is 9.57. The SMILES string of the molecule is CC.CCCCc1cccc(OCC)c1. The molecule has 0 aliphatic carbocycles. The van der Waals surface area contributed by atoms with Crippen LogP contribution in [0.5, 0.6) is 5.75 Å². The van der Waals surface area contributed by atoms with E-state index >= 15 is 0 Å². The minimum atomic E-state index is 0.747. The highest BCUT2D eigenvalue weighted by molar-refractivity contribution is 5.28. The van der Waals surface area contributed by atoms with Crippen molar-refractivity contribution >= 4 is 0 Å². The molecule has 1 rings (SSSR count). The first kappa shape index (κ1) is 14.0. The molecule has 0 radical (unpaired) electrons. The maximum atomic E-state index is 5.43. The Balaban J connectivity index is 0.000000921. The number of hydrogen-bond acceptors (Lipinski definition) is 1. The fourth-order valence-electron chi connectivity index (χ4n) is 1.34. The van der Waals surface area contributed by atoms with Crippen molar-refractivity contribution in [1.82, 2.24) is 0 Å². The van der Waals surface area contributed by atoms with Crippen molar-refractivity contribution in [2.45, 2.75) is 47.0 Å². The van der Waals surface area contributed by atoms with Gasteiger partial charge >= 0.3 is 0 Å². The molecule has 15 heavy (non-hydrogen) atoms. The molecule has 0 bridgehead atoms. The van der Waals surface area contributed by atoms with Crippen molar-refractivity contribution in [3.8, 4) is 5.75 Å². The lowest BCUT2D eigenvalue weighted by Crippen LogP contribution is -1.92. The number of benzene rings is 1. The van der Waals surface area contributed by atoms with Crippen LogP contribution in [0, 0.1) is 0 Å². The Kier molecular flexibility index (Phi) is 8.95. The molecule has 1 heteroatoms. The Morgan fingerprint density at radius 1 is 1.13 bits per heavy atom. The van der Waals surface area contributed by atoms with Crippen LogP contribution in [0.3, 0.4) is 0 Å². The first-order chi connectivity index (χ1) is 7.36. The minimum absolute atomic E-state index is 0.747. The summed E-state index contributed by atoms with van der Waals surface area (Å²) in [6.07, 6.45) is 3.67. The van der Waals surface area contributed by atoms with Crippen molar-refractivity contribution in [3.63, 3.8) is 0 Å². The summed E-state index contributed by atoms with van der Waals surface area (Å²) in [6, 6.07) is 8.38. The van der Waals surface area contributed by atoms with Gasteiger partial charge < -0.3 is 4.74 Å². The number of unbranched alkanes of at least 4 members (excludes halogenated alkanes) is 1. The quantitative estimate of drug-likeness (QED) is 0.694. The topological polar surface area (TPSA) is 9.23 Å².